The number of piperazine rings is 1. The lowest BCUT2D eigenvalue weighted by Gasteiger charge is -2.29. The van der Waals surface area contributed by atoms with Gasteiger partial charge in [-0.1, -0.05) is 24.3 Å². The fourth-order valence-corrected chi connectivity index (χ4v) is 4.94. The van der Waals surface area contributed by atoms with Crippen molar-refractivity contribution in [3.63, 3.8) is 0 Å². The summed E-state index contributed by atoms with van der Waals surface area (Å²) in [6, 6.07) is 22.4. The second-order valence-electron chi connectivity index (χ2n) is 9.43. The molecule has 0 saturated carbocycles. The minimum absolute atomic E-state index is 0.300. The molecule has 0 atom stereocenters. The summed E-state index contributed by atoms with van der Waals surface area (Å²) in [5.41, 5.74) is 3.38. The van der Waals surface area contributed by atoms with E-state index >= 15 is 0 Å². The molecule has 196 valence electrons. The number of halogens is 2. The first-order valence-electron chi connectivity index (χ1n) is 12.8. The predicted octanol–water partition coefficient (Wildman–Crippen LogP) is 4.86. The highest BCUT2D eigenvalue weighted by Crippen LogP contribution is 2.29. The molecule has 3 aromatic carbocycles. The Kier molecular flexibility index (Phi) is 6.73. The van der Waals surface area contributed by atoms with Crippen LogP contribution in [0, 0.1) is 11.6 Å². The number of fused-ring (bicyclic) bond motifs is 1. The van der Waals surface area contributed by atoms with Gasteiger partial charge in [0.25, 0.3) is 5.56 Å². The number of pyridine rings is 1. The molecule has 7 nitrogen and oxygen atoms in total. The topological polar surface area (TPSA) is 75.1 Å². The third-order valence-corrected chi connectivity index (χ3v) is 6.90. The maximum atomic E-state index is 13.8. The summed E-state index contributed by atoms with van der Waals surface area (Å²) >= 11 is 0. The van der Waals surface area contributed by atoms with E-state index in [1.807, 2.05) is 12.1 Å². The summed E-state index contributed by atoms with van der Waals surface area (Å²) in [5.74, 6) is -0.453. The lowest BCUT2D eigenvalue weighted by Crippen LogP contribution is -2.43. The summed E-state index contributed by atoms with van der Waals surface area (Å²) in [5, 5.41) is 7.25. The summed E-state index contributed by atoms with van der Waals surface area (Å²) in [7, 11) is 0. The predicted molar refractivity (Wildman–Crippen MR) is 149 cm³/mol. The zero-order valence-electron chi connectivity index (χ0n) is 21.0. The van der Waals surface area contributed by atoms with Gasteiger partial charge in [0.05, 0.1) is 6.04 Å². The number of hydrogen-bond acceptors (Lipinski definition) is 6. The van der Waals surface area contributed by atoms with Gasteiger partial charge in [0, 0.05) is 55.2 Å². The van der Waals surface area contributed by atoms with Crippen LogP contribution in [0.2, 0.25) is 0 Å². The number of hydrogen-bond donors (Lipinski definition) is 2. The van der Waals surface area contributed by atoms with Crippen LogP contribution >= 0.6 is 0 Å². The van der Waals surface area contributed by atoms with E-state index in [4.69, 9.17) is 4.98 Å². The van der Waals surface area contributed by atoms with Crippen LogP contribution in [0.5, 0.6) is 0 Å². The molecule has 5 aromatic rings. The Bertz CT molecular complexity index is 1600. The van der Waals surface area contributed by atoms with Crippen LogP contribution in [0.1, 0.15) is 17.2 Å². The van der Waals surface area contributed by atoms with Crippen LogP contribution in [-0.2, 0) is 0 Å². The Balaban J connectivity index is 1.40. The molecule has 0 unspecified atom stereocenters. The van der Waals surface area contributed by atoms with Crippen LogP contribution in [0.4, 0.5) is 26.1 Å². The van der Waals surface area contributed by atoms with Crippen LogP contribution < -0.4 is 21.1 Å². The number of aromatic nitrogens is 3. The molecule has 1 aliphatic rings. The van der Waals surface area contributed by atoms with Gasteiger partial charge in [-0.3, -0.25) is 9.36 Å². The van der Waals surface area contributed by atoms with Gasteiger partial charge in [0.15, 0.2) is 0 Å². The highest BCUT2D eigenvalue weighted by atomic mass is 19.1. The molecule has 1 fully saturated rings. The molecular formula is C30H26F2N6O. The van der Waals surface area contributed by atoms with Gasteiger partial charge in [0.1, 0.15) is 17.3 Å². The average molecular weight is 525 g/mol. The monoisotopic (exact) mass is 524 g/mol. The van der Waals surface area contributed by atoms with Crippen molar-refractivity contribution in [3.05, 3.63) is 124 Å². The van der Waals surface area contributed by atoms with Gasteiger partial charge >= 0.3 is 0 Å². The smallest absolute Gasteiger partial charge is 0.253 e. The Labute approximate surface area is 223 Å². The first-order chi connectivity index (χ1) is 19.0. The normalized spacial score (nSPS) is 13.7. The van der Waals surface area contributed by atoms with E-state index in [-0.39, 0.29) is 5.56 Å². The minimum atomic E-state index is -0.663. The van der Waals surface area contributed by atoms with Crippen molar-refractivity contribution >= 4 is 28.4 Å². The fraction of sp³-hybridized carbons (Fsp3) is 0.167. The third-order valence-electron chi connectivity index (χ3n) is 6.90. The molecule has 0 aliphatic carbocycles. The molecular weight excluding hydrogens is 498 g/mol. The van der Waals surface area contributed by atoms with Crippen molar-refractivity contribution in [2.45, 2.75) is 6.04 Å². The second-order valence-corrected chi connectivity index (χ2v) is 9.43. The van der Waals surface area contributed by atoms with Gasteiger partial charge in [-0.05, 0) is 65.7 Å². The van der Waals surface area contributed by atoms with Crippen LogP contribution in [-0.4, -0.2) is 40.7 Å². The Morgan fingerprint density at radius 2 is 1.41 bits per heavy atom. The van der Waals surface area contributed by atoms with E-state index in [0.717, 1.165) is 37.6 Å². The standard InChI is InChI=1S/C30H26F2N6O/c31-23-6-1-20(2-7-23)28(21-3-8-24(32)9-4-21)38-27(39)14-5-22-19-34-30(36-29(22)38)35-25-10-12-26(13-11-25)37-17-15-33-16-18-37/h1-14,19,28,33H,15-18H2,(H,34,35,36). The largest absolute Gasteiger partial charge is 0.369 e. The average Bonchev–Trinajstić information content (AvgIpc) is 2.97. The maximum Gasteiger partial charge on any atom is 0.253 e. The molecule has 3 heterocycles. The van der Waals surface area contributed by atoms with E-state index < -0.39 is 17.7 Å². The Morgan fingerprint density at radius 1 is 0.795 bits per heavy atom. The summed E-state index contributed by atoms with van der Waals surface area (Å²) in [6.07, 6.45) is 1.65. The number of rotatable bonds is 6. The first-order valence-corrected chi connectivity index (χ1v) is 12.8. The quantitative estimate of drug-likeness (QED) is 0.331. The van der Waals surface area contributed by atoms with E-state index in [9.17, 15) is 13.6 Å². The van der Waals surface area contributed by atoms with Crippen molar-refractivity contribution < 1.29 is 8.78 Å². The summed E-state index contributed by atoms with van der Waals surface area (Å²) in [6.45, 7) is 3.84. The first kappa shape index (κ1) is 24.7. The molecule has 1 saturated heterocycles. The molecule has 6 rings (SSSR count). The molecule has 1 aliphatic heterocycles. The Hall–Kier alpha value is -4.63. The van der Waals surface area contributed by atoms with E-state index in [1.165, 1.54) is 34.9 Å². The van der Waals surface area contributed by atoms with E-state index in [2.05, 4.69) is 32.7 Å². The number of anilines is 3. The van der Waals surface area contributed by atoms with Crippen molar-refractivity contribution in [1.29, 1.82) is 0 Å². The van der Waals surface area contributed by atoms with Crippen LogP contribution in [0.25, 0.3) is 11.0 Å². The molecule has 0 bridgehead atoms. The molecule has 9 heteroatoms. The number of nitrogens with zero attached hydrogens (tertiary/aromatic N) is 4. The van der Waals surface area contributed by atoms with Crippen LogP contribution in [0.3, 0.4) is 0 Å². The maximum absolute atomic E-state index is 13.8. The molecule has 2 aromatic heterocycles. The second kappa shape index (κ2) is 10.6. The van der Waals surface area contributed by atoms with Gasteiger partial charge in [-0.2, -0.15) is 4.98 Å². The third kappa shape index (κ3) is 5.21. The van der Waals surface area contributed by atoms with E-state index in [0.29, 0.717) is 28.1 Å². The number of nitrogens with one attached hydrogen (secondary N) is 2. The van der Waals surface area contributed by atoms with Gasteiger partial charge in [-0.15, -0.1) is 0 Å². The van der Waals surface area contributed by atoms with Crippen molar-refractivity contribution in [2.75, 3.05) is 36.4 Å². The lowest BCUT2D eigenvalue weighted by molar-refractivity contribution is 0.589. The Morgan fingerprint density at radius 3 is 2.03 bits per heavy atom. The van der Waals surface area contributed by atoms with Crippen molar-refractivity contribution in [3.8, 4) is 0 Å². The minimum Gasteiger partial charge on any atom is -0.369 e. The molecule has 0 radical (unpaired) electrons. The summed E-state index contributed by atoms with van der Waals surface area (Å²) in [4.78, 5) is 24.8. The zero-order valence-corrected chi connectivity index (χ0v) is 21.0. The molecule has 0 amide bonds. The fourth-order valence-electron chi connectivity index (χ4n) is 4.94. The van der Waals surface area contributed by atoms with Gasteiger partial charge in [-0.25, -0.2) is 13.8 Å². The van der Waals surface area contributed by atoms with E-state index in [1.54, 1.807) is 36.5 Å². The highest BCUT2D eigenvalue weighted by Gasteiger charge is 2.21. The highest BCUT2D eigenvalue weighted by molar-refractivity contribution is 5.76. The van der Waals surface area contributed by atoms with Crippen LogP contribution in [0.15, 0.2) is 95.9 Å². The molecule has 39 heavy (non-hydrogen) atoms. The van der Waals surface area contributed by atoms with Crippen molar-refractivity contribution in [1.82, 2.24) is 19.9 Å². The summed E-state index contributed by atoms with van der Waals surface area (Å²) < 4.78 is 29.1. The molecule has 2 N–H and O–H groups in total. The SMILES string of the molecule is O=c1ccc2cnc(Nc3ccc(N4CCNCC4)cc3)nc2n1C(c1ccc(F)cc1)c1ccc(F)cc1. The van der Waals surface area contributed by atoms with Gasteiger partial charge in [0.2, 0.25) is 5.95 Å². The van der Waals surface area contributed by atoms with Crippen molar-refractivity contribution in [2.24, 2.45) is 0 Å². The number of benzene rings is 3. The molecule has 0 spiro atoms. The van der Waals surface area contributed by atoms with Gasteiger partial charge < -0.3 is 15.5 Å². The lowest BCUT2D eigenvalue weighted by atomic mass is 9.98. The zero-order chi connectivity index (χ0) is 26.8.